The summed E-state index contributed by atoms with van der Waals surface area (Å²) in [7, 11) is 1.86. The van der Waals surface area contributed by atoms with Gasteiger partial charge in [-0.25, -0.2) is 0 Å². The third kappa shape index (κ3) is 5.53. The van der Waals surface area contributed by atoms with Crippen LogP contribution in [0.1, 0.15) is 65.7 Å². The Kier molecular flexibility index (Phi) is 10.4. The molecule has 0 aliphatic rings. The summed E-state index contributed by atoms with van der Waals surface area (Å²) in [6, 6.07) is 0.478. The first kappa shape index (κ1) is 17.7. The van der Waals surface area contributed by atoms with Gasteiger partial charge in [-0.3, -0.25) is 0 Å². The summed E-state index contributed by atoms with van der Waals surface area (Å²) in [6.45, 7) is 11.4. The molecule has 0 aromatic heterocycles. The number of allylic oxidation sites excluding steroid dienone is 1. The Balaban J connectivity index is 4.29. The molecule has 0 amide bonds. The fourth-order valence-electron chi connectivity index (χ4n) is 2.79. The second kappa shape index (κ2) is 10.6. The van der Waals surface area contributed by atoms with Crippen molar-refractivity contribution in [1.29, 1.82) is 0 Å². The summed E-state index contributed by atoms with van der Waals surface area (Å²) < 4.78 is 5.85. The van der Waals surface area contributed by atoms with Crippen LogP contribution in [-0.2, 0) is 4.74 Å². The molecule has 0 spiro atoms. The number of rotatable bonds is 12. The van der Waals surface area contributed by atoms with E-state index in [-0.39, 0.29) is 5.60 Å². The Morgan fingerprint density at radius 1 is 1.17 bits per heavy atom. The molecule has 2 nitrogen and oxygen atoms in total. The molecule has 0 aromatic rings. The first-order valence-electron chi connectivity index (χ1n) is 7.60. The Hall–Kier alpha value is -0.340. The standard InChI is InChI=1S/C16H33NO/c1-6-10-11-12-13-14-15(17-9-4)16(7-2,8-3)18-5/h6,15,17H,1,7-14H2,2-5H3. The number of ether oxygens (including phenoxy) is 1. The largest absolute Gasteiger partial charge is 0.377 e. The van der Waals surface area contributed by atoms with Crippen LogP contribution in [0.4, 0.5) is 0 Å². The Labute approximate surface area is 114 Å². The molecule has 0 aliphatic carbocycles. The monoisotopic (exact) mass is 255 g/mol. The highest BCUT2D eigenvalue weighted by atomic mass is 16.5. The molecule has 18 heavy (non-hydrogen) atoms. The van der Waals surface area contributed by atoms with E-state index in [9.17, 15) is 0 Å². The molecule has 0 fully saturated rings. The first-order chi connectivity index (χ1) is 8.70. The van der Waals surface area contributed by atoms with Crippen molar-refractivity contribution in [2.45, 2.75) is 77.4 Å². The van der Waals surface area contributed by atoms with Gasteiger partial charge in [0.2, 0.25) is 0 Å². The third-order valence-electron chi connectivity index (χ3n) is 4.09. The van der Waals surface area contributed by atoms with Gasteiger partial charge in [0.15, 0.2) is 0 Å². The molecule has 0 aromatic carbocycles. The van der Waals surface area contributed by atoms with E-state index in [1.807, 2.05) is 13.2 Å². The number of methoxy groups -OCH3 is 1. The first-order valence-corrected chi connectivity index (χ1v) is 7.60. The molecule has 0 radical (unpaired) electrons. The van der Waals surface area contributed by atoms with Gasteiger partial charge < -0.3 is 10.1 Å². The normalized spacial score (nSPS) is 13.6. The minimum atomic E-state index is 0.00838. The van der Waals surface area contributed by atoms with Crippen molar-refractivity contribution < 1.29 is 4.74 Å². The lowest BCUT2D eigenvalue weighted by atomic mass is 9.85. The predicted octanol–water partition coefficient (Wildman–Crippen LogP) is 4.31. The second-order valence-electron chi connectivity index (χ2n) is 5.01. The van der Waals surface area contributed by atoms with Crippen molar-refractivity contribution in [3.8, 4) is 0 Å². The van der Waals surface area contributed by atoms with Gasteiger partial charge in [-0.2, -0.15) is 0 Å². The van der Waals surface area contributed by atoms with Gasteiger partial charge >= 0.3 is 0 Å². The van der Waals surface area contributed by atoms with E-state index in [0.717, 1.165) is 25.8 Å². The molecule has 1 unspecified atom stereocenters. The van der Waals surface area contributed by atoms with Crippen LogP contribution in [0.25, 0.3) is 0 Å². The average Bonchev–Trinajstić information content (AvgIpc) is 2.41. The topological polar surface area (TPSA) is 21.3 Å². The molecule has 2 heteroatoms. The molecule has 0 heterocycles. The van der Waals surface area contributed by atoms with Crippen molar-refractivity contribution in [1.82, 2.24) is 5.32 Å². The summed E-state index contributed by atoms with van der Waals surface area (Å²) in [5.74, 6) is 0. The van der Waals surface area contributed by atoms with E-state index in [2.05, 4.69) is 32.7 Å². The Bertz CT molecular complexity index is 191. The van der Waals surface area contributed by atoms with Gasteiger partial charge in [-0.15, -0.1) is 6.58 Å². The fraction of sp³-hybridized carbons (Fsp3) is 0.875. The minimum Gasteiger partial charge on any atom is -0.377 e. The van der Waals surface area contributed by atoms with Crippen molar-refractivity contribution in [3.63, 3.8) is 0 Å². The van der Waals surface area contributed by atoms with Crippen LogP contribution in [0.2, 0.25) is 0 Å². The quantitative estimate of drug-likeness (QED) is 0.414. The van der Waals surface area contributed by atoms with Gasteiger partial charge in [-0.05, 0) is 38.6 Å². The van der Waals surface area contributed by atoms with Crippen LogP contribution in [-0.4, -0.2) is 25.3 Å². The maximum atomic E-state index is 5.85. The number of hydrogen-bond acceptors (Lipinski definition) is 2. The minimum absolute atomic E-state index is 0.00838. The fourth-order valence-corrected chi connectivity index (χ4v) is 2.79. The molecule has 0 bridgehead atoms. The smallest absolute Gasteiger partial charge is 0.0825 e. The molecule has 0 aliphatic heterocycles. The zero-order valence-electron chi connectivity index (χ0n) is 12.9. The Morgan fingerprint density at radius 3 is 2.28 bits per heavy atom. The van der Waals surface area contributed by atoms with Crippen molar-refractivity contribution >= 4 is 0 Å². The second-order valence-corrected chi connectivity index (χ2v) is 5.01. The van der Waals surface area contributed by atoms with Crippen LogP contribution < -0.4 is 5.32 Å². The van der Waals surface area contributed by atoms with E-state index in [1.165, 1.54) is 25.7 Å². The van der Waals surface area contributed by atoms with Gasteiger partial charge in [0, 0.05) is 13.2 Å². The molecule has 1 N–H and O–H groups in total. The Morgan fingerprint density at radius 2 is 1.83 bits per heavy atom. The maximum absolute atomic E-state index is 5.85. The van der Waals surface area contributed by atoms with Crippen molar-refractivity contribution in [2.75, 3.05) is 13.7 Å². The third-order valence-corrected chi connectivity index (χ3v) is 4.09. The number of unbranched alkanes of at least 4 members (excludes halogenated alkanes) is 3. The molecule has 1 atom stereocenters. The summed E-state index contributed by atoms with van der Waals surface area (Å²) in [5, 5.41) is 3.62. The van der Waals surface area contributed by atoms with E-state index in [1.54, 1.807) is 0 Å². The lowest BCUT2D eigenvalue weighted by molar-refractivity contribution is -0.0495. The summed E-state index contributed by atoms with van der Waals surface area (Å²) in [6.07, 6.45) is 10.3. The molecular weight excluding hydrogens is 222 g/mol. The van der Waals surface area contributed by atoms with Crippen LogP contribution >= 0.6 is 0 Å². The molecular formula is C16H33NO. The van der Waals surface area contributed by atoms with Gasteiger partial charge in [0.1, 0.15) is 0 Å². The highest BCUT2D eigenvalue weighted by Gasteiger charge is 2.34. The zero-order chi connectivity index (χ0) is 13.9. The lowest BCUT2D eigenvalue weighted by Gasteiger charge is -2.39. The number of hydrogen-bond donors (Lipinski definition) is 1. The average molecular weight is 255 g/mol. The van der Waals surface area contributed by atoms with Crippen molar-refractivity contribution in [2.24, 2.45) is 0 Å². The SMILES string of the molecule is C=CCCCCCC(NCC)C(CC)(CC)OC. The van der Waals surface area contributed by atoms with E-state index in [0.29, 0.717) is 6.04 Å². The van der Waals surface area contributed by atoms with Gasteiger partial charge in [-0.1, -0.05) is 39.7 Å². The van der Waals surface area contributed by atoms with Crippen LogP contribution in [0.15, 0.2) is 12.7 Å². The van der Waals surface area contributed by atoms with Crippen LogP contribution in [0.3, 0.4) is 0 Å². The summed E-state index contributed by atoms with van der Waals surface area (Å²) in [4.78, 5) is 0. The number of likely N-dealkylation sites (N-methyl/N-ethyl adjacent to an activating group) is 1. The van der Waals surface area contributed by atoms with E-state index in [4.69, 9.17) is 4.74 Å². The highest BCUT2D eigenvalue weighted by molar-refractivity contribution is 4.91. The number of nitrogens with one attached hydrogen (secondary N) is 1. The molecule has 0 saturated heterocycles. The lowest BCUT2D eigenvalue weighted by Crippen LogP contribution is -2.51. The summed E-state index contributed by atoms with van der Waals surface area (Å²) in [5.41, 5.74) is 0.00838. The summed E-state index contributed by atoms with van der Waals surface area (Å²) >= 11 is 0. The molecule has 108 valence electrons. The van der Waals surface area contributed by atoms with Crippen molar-refractivity contribution in [3.05, 3.63) is 12.7 Å². The predicted molar refractivity (Wildman–Crippen MR) is 81.1 cm³/mol. The van der Waals surface area contributed by atoms with Crippen LogP contribution in [0, 0.1) is 0 Å². The molecule has 0 rings (SSSR count). The van der Waals surface area contributed by atoms with Gasteiger partial charge in [0.05, 0.1) is 5.60 Å². The van der Waals surface area contributed by atoms with Gasteiger partial charge in [0.25, 0.3) is 0 Å². The molecule has 0 saturated carbocycles. The highest BCUT2D eigenvalue weighted by Crippen LogP contribution is 2.27. The van der Waals surface area contributed by atoms with E-state index >= 15 is 0 Å². The van der Waals surface area contributed by atoms with Crippen LogP contribution in [0.5, 0.6) is 0 Å². The zero-order valence-corrected chi connectivity index (χ0v) is 12.9. The maximum Gasteiger partial charge on any atom is 0.0825 e. The van der Waals surface area contributed by atoms with E-state index < -0.39 is 0 Å².